The molecule has 1 aromatic heterocycles. The van der Waals surface area contributed by atoms with Crippen LogP contribution in [0.4, 0.5) is 0 Å². The quantitative estimate of drug-likeness (QED) is 0.477. The molecule has 0 radical (unpaired) electrons. The van der Waals surface area contributed by atoms with E-state index in [1.165, 1.54) is 6.08 Å². The molecule has 0 aliphatic heterocycles. The predicted octanol–water partition coefficient (Wildman–Crippen LogP) is 5.82. The van der Waals surface area contributed by atoms with Crippen LogP contribution in [0.5, 0.6) is 0 Å². The molecular weight excluding hydrogens is 270 g/mol. The Kier molecular flexibility index (Phi) is 2.83. The summed E-state index contributed by atoms with van der Waals surface area (Å²) in [5.74, 6) is 0.340. The van der Waals surface area contributed by atoms with Crippen LogP contribution in [-0.4, -0.2) is 5.71 Å². The zero-order chi connectivity index (χ0) is 18.1. The standard InChI is InChI=1S/C20H19NO/c1-4-5-9-18(21)14-10-11-16-17-8-6-7-15(13(2)3)20(17)22-19(16)12-14/h4-13,21H,1H2,2-3H3/b9-5-,21-18?/i1D,5D,9D/b4-1?,9-5-,21-18?. The van der Waals surface area contributed by atoms with Gasteiger partial charge in [0.2, 0.25) is 0 Å². The van der Waals surface area contributed by atoms with E-state index in [9.17, 15) is 0 Å². The first-order valence-electron chi connectivity index (χ1n) is 8.78. The lowest BCUT2D eigenvalue weighted by Crippen LogP contribution is -1.92. The second-order valence-corrected chi connectivity index (χ2v) is 5.50. The highest BCUT2D eigenvalue weighted by Crippen LogP contribution is 2.34. The maximum absolute atomic E-state index is 8.16. The van der Waals surface area contributed by atoms with E-state index in [2.05, 4.69) is 19.9 Å². The van der Waals surface area contributed by atoms with Gasteiger partial charge in [-0.25, -0.2) is 0 Å². The molecule has 2 heteroatoms. The van der Waals surface area contributed by atoms with Gasteiger partial charge in [-0.15, -0.1) is 0 Å². The van der Waals surface area contributed by atoms with Crippen LogP contribution in [0.25, 0.3) is 21.9 Å². The fourth-order valence-corrected chi connectivity index (χ4v) is 2.62. The van der Waals surface area contributed by atoms with E-state index in [4.69, 9.17) is 13.9 Å². The molecule has 0 aliphatic carbocycles. The Morgan fingerprint density at radius 1 is 1.32 bits per heavy atom. The molecule has 0 aliphatic rings. The number of nitrogens with one attached hydrogen (secondary N) is 1. The summed E-state index contributed by atoms with van der Waals surface area (Å²) in [5, 5.41) is 10.2. The Hall–Kier alpha value is -2.61. The monoisotopic (exact) mass is 292 g/mol. The SMILES string of the molecule is [2H]C=C/C([2H])=C(/[2H])C(=N)c1ccc2c(c1)oc1c(C(C)C)cccc12. The van der Waals surface area contributed by atoms with Gasteiger partial charge in [0.15, 0.2) is 0 Å². The van der Waals surface area contributed by atoms with E-state index in [1.807, 2.05) is 18.2 Å². The Morgan fingerprint density at radius 3 is 2.95 bits per heavy atom. The van der Waals surface area contributed by atoms with Gasteiger partial charge < -0.3 is 9.83 Å². The van der Waals surface area contributed by atoms with Gasteiger partial charge in [-0.3, -0.25) is 0 Å². The summed E-state index contributed by atoms with van der Waals surface area (Å²) in [6.07, 6.45) is 1.19. The minimum absolute atomic E-state index is 0.0606. The fraction of sp³-hybridized carbons (Fsp3) is 0.150. The molecule has 0 saturated carbocycles. The third-order valence-electron chi connectivity index (χ3n) is 3.72. The Bertz CT molecular complexity index is 1030. The second-order valence-electron chi connectivity index (χ2n) is 5.50. The van der Waals surface area contributed by atoms with Gasteiger partial charge in [-0.1, -0.05) is 56.8 Å². The van der Waals surface area contributed by atoms with Crippen molar-refractivity contribution in [2.24, 2.45) is 0 Å². The third-order valence-corrected chi connectivity index (χ3v) is 3.72. The van der Waals surface area contributed by atoms with E-state index in [1.54, 1.807) is 12.1 Å². The first-order valence-corrected chi connectivity index (χ1v) is 7.21. The van der Waals surface area contributed by atoms with Gasteiger partial charge >= 0.3 is 0 Å². The van der Waals surface area contributed by atoms with E-state index in [-0.39, 0.29) is 17.8 Å². The average Bonchev–Trinajstić information content (AvgIpc) is 2.98. The summed E-state index contributed by atoms with van der Waals surface area (Å²) in [6, 6.07) is 11.1. The zero-order valence-corrected chi connectivity index (χ0v) is 12.6. The Balaban J connectivity index is 2.15. The molecule has 1 N–H and O–H groups in total. The van der Waals surface area contributed by atoms with Crippen LogP contribution in [-0.2, 0) is 0 Å². The van der Waals surface area contributed by atoms with Crippen molar-refractivity contribution in [2.45, 2.75) is 19.8 Å². The first kappa shape index (κ1) is 11.0. The van der Waals surface area contributed by atoms with E-state index >= 15 is 0 Å². The first-order chi connectivity index (χ1) is 11.9. The molecule has 1 heterocycles. The van der Waals surface area contributed by atoms with Gasteiger partial charge in [0.25, 0.3) is 0 Å². The summed E-state index contributed by atoms with van der Waals surface area (Å²) < 4.78 is 28.7. The van der Waals surface area contributed by atoms with Crippen molar-refractivity contribution in [3.05, 3.63) is 72.3 Å². The maximum atomic E-state index is 8.16. The number of hydrogen-bond donors (Lipinski definition) is 1. The van der Waals surface area contributed by atoms with Crippen LogP contribution >= 0.6 is 0 Å². The molecule has 0 fully saturated rings. The molecule has 0 bridgehead atoms. The topological polar surface area (TPSA) is 37.0 Å². The molecule has 2 aromatic carbocycles. The van der Waals surface area contributed by atoms with Gasteiger partial charge in [0.05, 0.1) is 9.82 Å². The van der Waals surface area contributed by atoms with Gasteiger partial charge in [-0.05, 0) is 29.7 Å². The van der Waals surface area contributed by atoms with E-state index in [0.29, 0.717) is 17.1 Å². The highest BCUT2D eigenvalue weighted by atomic mass is 16.3. The number of hydrogen-bond acceptors (Lipinski definition) is 2. The van der Waals surface area contributed by atoms with Gasteiger partial charge in [-0.2, -0.15) is 0 Å². The van der Waals surface area contributed by atoms with E-state index < -0.39 is 0 Å². The van der Waals surface area contributed by atoms with Crippen molar-refractivity contribution in [3.8, 4) is 0 Å². The van der Waals surface area contributed by atoms with Crippen LogP contribution in [0.1, 0.15) is 35.0 Å². The van der Waals surface area contributed by atoms with E-state index in [0.717, 1.165) is 28.5 Å². The highest BCUT2D eigenvalue weighted by molar-refractivity contribution is 6.11. The molecule has 22 heavy (non-hydrogen) atoms. The molecule has 0 amide bonds. The van der Waals surface area contributed by atoms with Crippen LogP contribution in [0, 0.1) is 5.41 Å². The molecule has 2 nitrogen and oxygen atoms in total. The van der Waals surface area contributed by atoms with Crippen LogP contribution in [0.15, 0.2) is 65.6 Å². The average molecular weight is 292 g/mol. The summed E-state index contributed by atoms with van der Waals surface area (Å²) in [6.45, 7) is 5.19. The van der Waals surface area contributed by atoms with Crippen LogP contribution < -0.4 is 0 Å². The number of para-hydroxylation sites is 1. The Labute approximate surface area is 134 Å². The molecule has 3 aromatic rings. The summed E-state index contributed by atoms with van der Waals surface area (Å²) in [5.41, 5.74) is 3.12. The summed E-state index contributed by atoms with van der Waals surface area (Å²) in [4.78, 5) is 0. The number of furan rings is 1. The fourth-order valence-electron chi connectivity index (χ4n) is 2.62. The maximum Gasteiger partial charge on any atom is 0.138 e. The molecule has 110 valence electrons. The normalized spacial score (nSPS) is 15.1. The number of fused-ring (bicyclic) bond motifs is 3. The number of rotatable bonds is 4. The van der Waals surface area contributed by atoms with Crippen molar-refractivity contribution in [2.75, 3.05) is 0 Å². The minimum atomic E-state index is -0.221. The highest BCUT2D eigenvalue weighted by Gasteiger charge is 2.13. The summed E-state index contributed by atoms with van der Waals surface area (Å²) >= 11 is 0. The number of benzene rings is 2. The van der Waals surface area contributed by atoms with Crippen molar-refractivity contribution >= 4 is 27.7 Å². The lowest BCUT2D eigenvalue weighted by molar-refractivity contribution is 0.657. The van der Waals surface area contributed by atoms with Crippen molar-refractivity contribution < 1.29 is 8.53 Å². The number of allylic oxidation sites excluding steroid dienone is 3. The predicted molar refractivity (Wildman–Crippen MR) is 94.0 cm³/mol. The molecule has 3 rings (SSSR count). The summed E-state index contributed by atoms with van der Waals surface area (Å²) in [7, 11) is 0. The van der Waals surface area contributed by atoms with Crippen molar-refractivity contribution in [1.29, 1.82) is 5.41 Å². The molecule has 0 saturated heterocycles. The molecule has 0 unspecified atom stereocenters. The van der Waals surface area contributed by atoms with Crippen molar-refractivity contribution in [1.82, 2.24) is 0 Å². The lowest BCUT2D eigenvalue weighted by atomic mass is 10.00. The second kappa shape index (κ2) is 5.64. The largest absolute Gasteiger partial charge is 0.456 e. The zero-order valence-electron chi connectivity index (χ0n) is 15.6. The Morgan fingerprint density at radius 2 is 2.18 bits per heavy atom. The third kappa shape index (κ3) is 2.37. The van der Waals surface area contributed by atoms with Gasteiger partial charge in [0, 0.05) is 16.3 Å². The smallest absolute Gasteiger partial charge is 0.138 e. The molecule has 0 atom stereocenters. The molecule has 0 spiro atoms. The van der Waals surface area contributed by atoms with Crippen molar-refractivity contribution in [3.63, 3.8) is 0 Å². The van der Waals surface area contributed by atoms with Gasteiger partial charge in [0.1, 0.15) is 11.2 Å². The lowest BCUT2D eigenvalue weighted by Gasteiger charge is -2.04. The molecular formula is C20H19NO. The van der Waals surface area contributed by atoms with Crippen LogP contribution in [0.3, 0.4) is 0 Å². The van der Waals surface area contributed by atoms with Crippen LogP contribution in [0.2, 0.25) is 0 Å². The minimum Gasteiger partial charge on any atom is -0.456 e.